The van der Waals surface area contributed by atoms with E-state index >= 15 is 0 Å². The number of hydrogen-bond donors (Lipinski definition) is 0. The van der Waals surface area contributed by atoms with Crippen LogP contribution in [0.3, 0.4) is 0 Å². The maximum absolute atomic E-state index is 11.7. The number of hydrogen-bond acceptors (Lipinski definition) is 6. The van der Waals surface area contributed by atoms with E-state index < -0.39 is 17.4 Å². The normalized spacial score (nSPS) is 13.7. The second-order valence-corrected chi connectivity index (χ2v) is 16.8. The van der Waals surface area contributed by atoms with Gasteiger partial charge in [0.05, 0.1) is 13.2 Å². The molecule has 0 N–H and O–H groups in total. The van der Waals surface area contributed by atoms with Gasteiger partial charge < -0.3 is 22.1 Å². The number of carbonyl (C=O) groups is 1. The Labute approximate surface area is 243 Å². The van der Waals surface area contributed by atoms with Crippen LogP contribution >= 0.6 is 0 Å². The van der Waals surface area contributed by atoms with Crippen molar-refractivity contribution < 1.29 is 26.9 Å². The number of rotatable bonds is 17. The predicted octanol–water partition coefficient (Wildman–Crippen LogP) is 5.75. The van der Waals surface area contributed by atoms with E-state index in [2.05, 4.69) is 76.2 Å². The van der Waals surface area contributed by atoms with Crippen molar-refractivity contribution in [3.8, 4) is 0 Å². The second-order valence-electron chi connectivity index (χ2n) is 10.3. The maximum Gasteiger partial charge on any atom is 0.679 e. The van der Waals surface area contributed by atoms with Gasteiger partial charge in [-0.05, 0) is 48.7 Å². The van der Waals surface area contributed by atoms with E-state index in [1.54, 1.807) is 6.08 Å². The fourth-order valence-corrected chi connectivity index (χ4v) is 11.0. The minimum absolute atomic E-state index is 0.0414. The van der Waals surface area contributed by atoms with Gasteiger partial charge in [0.25, 0.3) is 8.32 Å². The fraction of sp³-hybridized carbons (Fsp3) is 0.406. The molecule has 2 aromatic carbocycles. The summed E-state index contributed by atoms with van der Waals surface area (Å²) in [5, 5.41) is 2.42. The van der Waals surface area contributed by atoms with E-state index in [4.69, 9.17) is 22.1 Å². The lowest BCUT2D eigenvalue weighted by Gasteiger charge is -2.43. The largest absolute Gasteiger partial charge is 0.679 e. The van der Waals surface area contributed by atoms with Gasteiger partial charge in [-0.15, -0.1) is 0 Å². The molecule has 8 heteroatoms. The van der Waals surface area contributed by atoms with Crippen LogP contribution in [0, 0.1) is 0 Å². The SMILES string of the molecule is CCO[Si](OCC)(OCC)OC\C(C=O)=C/C=C/C=C(\C)CO[Si](c1ccccc1)(c1ccccc1)C(C)(C)C. The average molecular weight is 583 g/mol. The topological polar surface area (TPSA) is 63.2 Å². The summed E-state index contributed by atoms with van der Waals surface area (Å²) >= 11 is 0. The molecule has 0 aliphatic rings. The molecule has 218 valence electrons. The number of aldehydes is 1. The zero-order valence-corrected chi connectivity index (χ0v) is 27.1. The smallest absolute Gasteiger partial charge is 0.403 e. The summed E-state index contributed by atoms with van der Waals surface area (Å²) in [4.78, 5) is 11.7. The first-order chi connectivity index (χ1) is 19.2. The van der Waals surface area contributed by atoms with Crippen molar-refractivity contribution in [1.82, 2.24) is 0 Å². The Balaban J connectivity index is 2.19. The maximum atomic E-state index is 11.7. The van der Waals surface area contributed by atoms with Gasteiger partial charge in [0.15, 0.2) is 0 Å². The van der Waals surface area contributed by atoms with E-state index in [1.807, 2.05) is 51.1 Å². The molecule has 0 unspecified atom stereocenters. The molecule has 0 amide bonds. The van der Waals surface area contributed by atoms with Crippen LogP contribution in [-0.4, -0.2) is 56.7 Å². The van der Waals surface area contributed by atoms with Crippen molar-refractivity contribution in [2.45, 2.75) is 53.5 Å². The predicted molar refractivity (Wildman–Crippen MR) is 167 cm³/mol. The van der Waals surface area contributed by atoms with Crippen molar-refractivity contribution in [1.29, 1.82) is 0 Å². The summed E-state index contributed by atoms with van der Waals surface area (Å²) in [6, 6.07) is 21.2. The molecule has 0 bridgehead atoms. The highest BCUT2D eigenvalue weighted by molar-refractivity contribution is 6.99. The lowest BCUT2D eigenvalue weighted by molar-refractivity contribution is -0.105. The van der Waals surface area contributed by atoms with Crippen LogP contribution in [0.4, 0.5) is 0 Å². The molecule has 40 heavy (non-hydrogen) atoms. The minimum Gasteiger partial charge on any atom is -0.403 e. The first kappa shape index (κ1) is 33.8. The Kier molecular flexibility index (Phi) is 14.1. The van der Waals surface area contributed by atoms with Gasteiger partial charge >= 0.3 is 9.05 Å². The highest BCUT2D eigenvalue weighted by atomic mass is 28.4. The highest BCUT2D eigenvalue weighted by Crippen LogP contribution is 2.37. The van der Waals surface area contributed by atoms with Crippen LogP contribution in [0.25, 0.3) is 0 Å². The Morgan fingerprint density at radius 1 is 0.700 bits per heavy atom. The first-order valence-corrected chi connectivity index (χ1v) is 17.5. The molecule has 2 aromatic rings. The zero-order chi connectivity index (χ0) is 29.5. The standard InChI is InChI=1S/C32H46O6Si2/c1-8-34-40(35-9-2,36-10-3)38-27-29(25-33)20-18-17-19-28(4)26-37-39(32(5,6)7,30-21-13-11-14-22-30)31-23-15-12-16-24-31/h11-25H,8-10,26-27H2,1-7H3/b18-17+,28-19+,29-20-. The summed E-state index contributed by atoms with van der Waals surface area (Å²) < 4.78 is 29.9. The molecule has 0 radical (unpaired) electrons. The van der Waals surface area contributed by atoms with Crippen LogP contribution < -0.4 is 10.4 Å². The van der Waals surface area contributed by atoms with E-state index in [-0.39, 0.29) is 11.6 Å². The van der Waals surface area contributed by atoms with Crippen LogP contribution in [0.5, 0.6) is 0 Å². The van der Waals surface area contributed by atoms with Gasteiger partial charge in [-0.25, -0.2) is 0 Å². The third-order valence-electron chi connectivity index (χ3n) is 6.27. The third kappa shape index (κ3) is 9.31. The molecule has 6 nitrogen and oxygen atoms in total. The lowest BCUT2D eigenvalue weighted by Crippen LogP contribution is -2.66. The molecule has 0 aliphatic carbocycles. The van der Waals surface area contributed by atoms with E-state index in [0.29, 0.717) is 32.0 Å². The van der Waals surface area contributed by atoms with Gasteiger partial charge in [-0.1, -0.05) is 106 Å². The number of allylic oxidation sites excluding steroid dienone is 4. The highest BCUT2D eigenvalue weighted by Gasteiger charge is 2.50. The van der Waals surface area contributed by atoms with Gasteiger partial charge in [-0.2, -0.15) is 0 Å². The molecule has 0 fully saturated rings. The Morgan fingerprint density at radius 3 is 1.60 bits per heavy atom. The minimum atomic E-state index is -3.29. The fourth-order valence-electron chi connectivity index (χ4n) is 4.50. The molecule has 0 spiro atoms. The van der Waals surface area contributed by atoms with Gasteiger partial charge in [0, 0.05) is 25.4 Å². The van der Waals surface area contributed by atoms with Crippen molar-refractivity contribution in [2.24, 2.45) is 0 Å². The molecular formula is C32H46O6Si2. The van der Waals surface area contributed by atoms with Gasteiger partial charge in [0.2, 0.25) is 0 Å². The van der Waals surface area contributed by atoms with Gasteiger partial charge in [-0.3, -0.25) is 4.79 Å². The molecule has 2 rings (SSSR count). The summed E-state index contributed by atoms with van der Waals surface area (Å²) in [5.74, 6) is 0. The lowest BCUT2D eigenvalue weighted by atomic mass is 10.2. The molecule has 0 saturated carbocycles. The molecule has 0 aliphatic heterocycles. The van der Waals surface area contributed by atoms with Crippen LogP contribution in [0.2, 0.25) is 5.04 Å². The monoisotopic (exact) mass is 582 g/mol. The Morgan fingerprint density at radius 2 is 1.18 bits per heavy atom. The second kappa shape index (κ2) is 16.7. The molecule has 0 heterocycles. The average Bonchev–Trinajstić information content (AvgIpc) is 2.94. The van der Waals surface area contributed by atoms with E-state index in [9.17, 15) is 4.79 Å². The zero-order valence-electron chi connectivity index (χ0n) is 25.1. The Bertz CT molecular complexity index is 1050. The summed E-state index contributed by atoms with van der Waals surface area (Å²) in [6.07, 6.45) is 8.24. The number of benzene rings is 2. The molecule has 0 aromatic heterocycles. The Hall–Kier alpha value is -2.44. The van der Waals surface area contributed by atoms with Crippen molar-refractivity contribution >= 4 is 34.0 Å². The van der Waals surface area contributed by atoms with Crippen LogP contribution in [-0.2, 0) is 26.9 Å². The number of carbonyl (C=O) groups excluding carboxylic acids is 1. The summed E-state index contributed by atoms with van der Waals surface area (Å²) in [7, 11) is -5.89. The van der Waals surface area contributed by atoms with Gasteiger partial charge in [0.1, 0.15) is 6.29 Å². The first-order valence-electron chi connectivity index (χ1n) is 14.0. The molecular weight excluding hydrogens is 537 g/mol. The van der Waals surface area contributed by atoms with E-state index in [1.165, 1.54) is 10.4 Å². The van der Waals surface area contributed by atoms with E-state index in [0.717, 1.165) is 11.9 Å². The molecule has 0 atom stereocenters. The van der Waals surface area contributed by atoms with Crippen molar-refractivity contribution in [3.05, 3.63) is 96.1 Å². The third-order valence-corrected chi connectivity index (χ3v) is 13.7. The van der Waals surface area contributed by atoms with Crippen molar-refractivity contribution in [2.75, 3.05) is 33.0 Å². The van der Waals surface area contributed by atoms with Crippen LogP contribution in [0.1, 0.15) is 48.5 Å². The quantitative estimate of drug-likeness (QED) is 0.102. The molecule has 0 saturated heterocycles. The summed E-state index contributed by atoms with van der Waals surface area (Å²) in [6.45, 7) is 16.2. The van der Waals surface area contributed by atoms with Crippen molar-refractivity contribution in [3.63, 3.8) is 0 Å². The summed E-state index contributed by atoms with van der Waals surface area (Å²) in [5.41, 5.74) is 1.54. The van der Waals surface area contributed by atoms with Crippen LogP contribution in [0.15, 0.2) is 96.1 Å².